The van der Waals surface area contributed by atoms with Crippen molar-refractivity contribution in [1.29, 1.82) is 10.5 Å². The Morgan fingerprint density at radius 1 is 0.913 bits per heavy atom. The van der Waals surface area contributed by atoms with Crippen LogP contribution in [-0.4, -0.2) is 5.78 Å². The van der Waals surface area contributed by atoms with Crippen LogP contribution in [0, 0.1) is 34.5 Å². The fourth-order valence-corrected chi connectivity index (χ4v) is 4.15. The van der Waals surface area contributed by atoms with E-state index in [1.165, 1.54) is 38.5 Å². The molecule has 0 heterocycles. The van der Waals surface area contributed by atoms with Crippen molar-refractivity contribution in [2.24, 2.45) is 11.8 Å². The second-order valence-electron chi connectivity index (χ2n) is 6.70. The SMILES string of the molecule is CC=C1C(=O)C2CCCCCCCCCCC2C1=C(C#N)C#N. The van der Waals surface area contributed by atoms with E-state index in [1.54, 1.807) is 6.08 Å². The number of allylic oxidation sites excluding steroid dienone is 4. The van der Waals surface area contributed by atoms with Crippen LogP contribution in [0.2, 0.25) is 0 Å². The number of ketones is 1. The summed E-state index contributed by atoms with van der Waals surface area (Å²) >= 11 is 0. The molecular formula is C20H26N2O. The Bertz CT molecular complexity index is 570. The second kappa shape index (κ2) is 8.68. The van der Waals surface area contributed by atoms with Gasteiger partial charge >= 0.3 is 0 Å². The summed E-state index contributed by atoms with van der Waals surface area (Å²) in [6, 6.07) is 4.05. The molecule has 2 unspecified atom stereocenters. The van der Waals surface area contributed by atoms with Gasteiger partial charge in [0.15, 0.2) is 5.78 Å². The first-order valence-electron chi connectivity index (χ1n) is 8.99. The summed E-state index contributed by atoms with van der Waals surface area (Å²) in [7, 11) is 0. The Labute approximate surface area is 139 Å². The molecule has 23 heavy (non-hydrogen) atoms. The summed E-state index contributed by atoms with van der Waals surface area (Å²) in [6.07, 6.45) is 13.3. The maximum atomic E-state index is 12.8. The molecule has 122 valence electrons. The van der Waals surface area contributed by atoms with Crippen LogP contribution in [-0.2, 0) is 4.79 Å². The predicted molar refractivity (Wildman–Crippen MR) is 90.2 cm³/mol. The molecule has 0 aromatic carbocycles. The Balaban J connectivity index is 2.36. The van der Waals surface area contributed by atoms with E-state index in [0.717, 1.165) is 31.3 Å². The zero-order valence-corrected chi connectivity index (χ0v) is 14.1. The molecule has 0 amide bonds. The van der Waals surface area contributed by atoms with Gasteiger partial charge in [0.25, 0.3) is 0 Å². The van der Waals surface area contributed by atoms with Gasteiger partial charge in [-0.3, -0.25) is 4.79 Å². The predicted octanol–water partition coefficient (Wildman–Crippen LogP) is 5.01. The fourth-order valence-electron chi connectivity index (χ4n) is 4.15. The van der Waals surface area contributed by atoms with Crippen LogP contribution in [0.15, 0.2) is 22.8 Å². The zero-order chi connectivity index (χ0) is 16.7. The third kappa shape index (κ3) is 3.91. The van der Waals surface area contributed by atoms with Crippen molar-refractivity contribution in [1.82, 2.24) is 0 Å². The van der Waals surface area contributed by atoms with Crippen LogP contribution in [0.4, 0.5) is 0 Å². The first kappa shape index (κ1) is 17.5. The molecule has 0 radical (unpaired) electrons. The summed E-state index contributed by atoms with van der Waals surface area (Å²) in [5.74, 6) is 0.210. The Morgan fingerprint density at radius 2 is 1.39 bits per heavy atom. The monoisotopic (exact) mass is 310 g/mol. The molecular weight excluding hydrogens is 284 g/mol. The normalized spacial score (nSPS) is 28.2. The molecule has 3 nitrogen and oxygen atoms in total. The minimum absolute atomic E-state index is 0.0210. The van der Waals surface area contributed by atoms with Gasteiger partial charge in [0, 0.05) is 11.5 Å². The van der Waals surface area contributed by atoms with Gasteiger partial charge in [-0.2, -0.15) is 10.5 Å². The number of Topliss-reactive ketones (excluding diaryl/α,β-unsaturated/α-hetero) is 1. The van der Waals surface area contributed by atoms with Gasteiger partial charge in [0.05, 0.1) is 0 Å². The Hall–Kier alpha value is -1.87. The summed E-state index contributed by atoms with van der Waals surface area (Å²) < 4.78 is 0. The highest BCUT2D eigenvalue weighted by atomic mass is 16.1. The van der Waals surface area contributed by atoms with Crippen molar-refractivity contribution in [3.8, 4) is 12.1 Å². The lowest BCUT2D eigenvalue weighted by Gasteiger charge is -2.20. The molecule has 2 aliphatic rings. The molecule has 2 aliphatic carbocycles. The standard InChI is InChI=1S/C20H26N2O/c1-2-16-19(15(13-21)14-22)17-11-9-7-5-3-4-6-8-10-12-18(17)20(16)23/h2,17-18H,3-12H2,1H3. The van der Waals surface area contributed by atoms with Crippen molar-refractivity contribution < 1.29 is 4.79 Å². The molecule has 0 aromatic rings. The fraction of sp³-hybridized carbons (Fsp3) is 0.650. The number of carbonyl (C=O) groups excluding carboxylic acids is 1. The minimum Gasteiger partial charge on any atom is -0.294 e. The largest absolute Gasteiger partial charge is 0.294 e. The van der Waals surface area contributed by atoms with Crippen molar-refractivity contribution in [2.45, 2.75) is 71.1 Å². The molecule has 0 aliphatic heterocycles. The van der Waals surface area contributed by atoms with Gasteiger partial charge in [0.2, 0.25) is 0 Å². The van der Waals surface area contributed by atoms with E-state index < -0.39 is 0 Å². The van der Waals surface area contributed by atoms with Crippen LogP contribution < -0.4 is 0 Å². The van der Waals surface area contributed by atoms with Crippen LogP contribution in [0.1, 0.15) is 71.1 Å². The van der Waals surface area contributed by atoms with Gasteiger partial charge in [-0.15, -0.1) is 0 Å². The molecule has 3 heteroatoms. The van der Waals surface area contributed by atoms with Crippen LogP contribution in [0.3, 0.4) is 0 Å². The third-order valence-electron chi connectivity index (χ3n) is 5.31. The maximum absolute atomic E-state index is 12.8. The van der Waals surface area contributed by atoms with E-state index in [-0.39, 0.29) is 23.2 Å². The highest BCUT2D eigenvalue weighted by molar-refractivity contribution is 6.05. The lowest BCUT2D eigenvalue weighted by atomic mass is 9.83. The average Bonchev–Trinajstić information content (AvgIpc) is 2.80. The Morgan fingerprint density at radius 3 is 1.87 bits per heavy atom. The molecule has 2 fully saturated rings. The van der Waals surface area contributed by atoms with Crippen LogP contribution >= 0.6 is 0 Å². The van der Waals surface area contributed by atoms with E-state index >= 15 is 0 Å². The molecule has 2 saturated carbocycles. The molecule has 0 N–H and O–H groups in total. The number of hydrogen-bond acceptors (Lipinski definition) is 3. The summed E-state index contributed by atoms with van der Waals surface area (Å²) in [4.78, 5) is 12.8. The van der Waals surface area contributed by atoms with E-state index in [0.29, 0.717) is 5.57 Å². The van der Waals surface area contributed by atoms with Crippen LogP contribution in [0.25, 0.3) is 0 Å². The number of rotatable bonds is 0. The lowest BCUT2D eigenvalue weighted by Crippen LogP contribution is -2.16. The van der Waals surface area contributed by atoms with Gasteiger partial charge < -0.3 is 0 Å². The molecule has 0 saturated heterocycles. The zero-order valence-electron chi connectivity index (χ0n) is 14.1. The van der Waals surface area contributed by atoms with E-state index in [4.69, 9.17) is 0 Å². The molecule has 2 atom stereocenters. The second-order valence-corrected chi connectivity index (χ2v) is 6.70. The summed E-state index contributed by atoms with van der Waals surface area (Å²) in [6.45, 7) is 1.84. The average molecular weight is 310 g/mol. The van der Waals surface area contributed by atoms with Gasteiger partial charge in [-0.05, 0) is 31.3 Å². The third-order valence-corrected chi connectivity index (χ3v) is 5.31. The molecule has 0 spiro atoms. The number of nitriles is 2. The number of fused-ring (bicyclic) bond motifs is 1. The van der Waals surface area contributed by atoms with Gasteiger partial charge in [-0.25, -0.2) is 0 Å². The van der Waals surface area contributed by atoms with E-state index in [9.17, 15) is 15.3 Å². The van der Waals surface area contributed by atoms with Gasteiger partial charge in [0.1, 0.15) is 17.7 Å². The maximum Gasteiger partial charge on any atom is 0.166 e. The highest BCUT2D eigenvalue weighted by Crippen LogP contribution is 2.45. The number of nitrogens with zero attached hydrogens (tertiary/aromatic N) is 2. The van der Waals surface area contributed by atoms with E-state index in [2.05, 4.69) is 0 Å². The molecule has 2 rings (SSSR count). The van der Waals surface area contributed by atoms with Crippen molar-refractivity contribution in [3.05, 3.63) is 22.8 Å². The topological polar surface area (TPSA) is 64.7 Å². The van der Waals surface area contributed by atoms with E-state index in [1.807, 2.05) is 19.1 Å². The summed E-state index contributed by atoms with van der Waals surface area (Å²) in [5.41, 5.74) is 1.52. The van der Waals surface area contributed by atoms with Crippen LogP contribution in [0.5, 0.6) is 0 Å². The smallest absolute Gasteiger partial charge is 0.166 e. The van der Waals surface area contributed by atoms with Crippen molar-refractivity contribution in [3.63, 3.8) is 0 Å². The first-order valence-corrected chi connectivity index (χ1v) is 8.99. The number of carbonyl (C=O) groups is 1. The Kier molecular flexibility index (Phi) is 6.60. The summed E-state index contributed by atoms with van der Waals surface area (Å²) in [5, 5.41) is 18.6. The molecule has 0 aromatic heterocycles. The number of hydrogen-bond donors (Lipinski definition) is 0. The molecule has 0 bridgehead atoms. The minimum atomic E-state index is -0.0210. The van der Waals surface area contributed by atoms with Crippen molar-refractivity contribution >= 4 is 5.78 Å². The van der Waals surface area contributed by atoms with Crippen molar-refractivity contribution in [2.75, 3.05) is 0 Å². The highest BCUT2D eigenvalue weighted by Gasteiger charge is 2.42. The van der Waals surface area contributed by atoms with Gasteiger partial charge in [-0.1, -0.05) is 57.4 Å². The quantitative estimate of drug-likeness (QED) is 0.467. The first-order chi connectivity index (χ1) is 11.2. The lowest BCUT2D eigenvalue weighted by molar-refractivity contribution is -0.118.